The minimum atomic E-state index is -0.0704. The van der Waals surface area contributed by atoms with Crippen LogP contribution in [-0.4, -0.2) is 25.1 Å². The van der Waals surface area contributed by atoms with Crippen molar-refractivity contribution in [3.05, 3.63) is 48.0 Å². The average Bonchev–Trinajstić information content (AvgIpc) is 3.01. The molecule has 3 aromatic rings. The minimum Gasteiger partial charge on any atom is -0.497 e. The Hall–Kier alpha value is -2.60. The molecule has 0 fully saturated rings. The van der Waals surface area contributed by atoms with Crippen molar-refractivity contribution in [2.24, 2.45) is 0 Å². The molecule has 0 aliphatic rings. The number of aryl methyl sites for hydroxylation is 1. The monoisotopic (exact) mass is 342 g/mol. The van der Waals surface area contributed by atoms with E-state index in [0.717, 1.165) is 27.3 Å². The predicted octanol–water partition coefficient (Wildman–Crippen LogP) is 3.88. The first-order valence-electron chi connectivity index (χ1n) is 7.56. The maximum Gasteiger partial charge on any atom is 0.226 e. The van der Waals surface area contributed by atoms with Crippen LogP contribution in [0.5, 0.6) is 11.5 Å². The summed E-state index contributed by atoms with van der Waals surface area (Å²) < 4.78 is 11.6. The number of para-hydroxylation sites is 1. The number of benzene rings is 2. The molecule has 24 heavy (non-hydrogen) atoms. The van der Waals surface area contributed by atoms with Gasteiger partial charge in [0.2, 0.25) is 5.91 Å². The van der Waals surface area contributed by atoms with Crippen molar-refractivity contribution in [1.29, 1.82) is 0 Å². The van der Waals surface area contributed by atoms with Crippen molar-refractivity contribution in [2.45, 2.75) is 12.8 Å². The fourth-order valence-electron chi connectivity index (χ4n) is 2.43. The Morgan fingerprint density at radius 3 is 2.75 bits per heavy atom. The number of aromatic nitrogens is 1. The number of nitrogens with zero attached hydrogens (tertiary/aromatic N) is 1. The molecular weight excluding hydrogens is 324 g/mol. The topological polar surface area (TPSA) is 60.5 Å². The maximum absolute atomic E-state index is 12.2. The Balaban J connectivity index is 1.65. The molecule has 0 aliphatic heterocycles. The van der Waals surface area contributed by atoms with E-state index >= 15 is 0 Å². The van der Waals surface area contributed by atoms with Crippen molar-refractivity contribution in [3.63, 3.8) is 0 Å². The summed E-state index contributed by atoms with van der Waals surface area (Å²) >= 11 is 1.47. The Labute approximate surface area is 144 Å². The van der Waals surface area contributed by atoms with E-state index in [-0.39, 0.29) is 5.91 Å². The van der Waals surface area contributed by atoms with Crippen LogP contribution in [0.3, 0.4) is 0 Å². The van der Waals surface area contributed by atoms with Crippen molar-refractivity contribution < 1.29 is 14.3 Å². The number of carbonyl (C=O) groups is 1. The van der Waals surface area contributed by atoms with E-state index in [1.165, 1.54) is 11.3 Å². The van der Waals surface area contributed by atoms with Gasteiger partial charge in [0.05, 0.1) is 24.4 Å². The van der Waals surface area contributed by atoms with Crippen LogP contribution >= 0.6 is 11.3 Å². The lowest BCUT2D eigenvalue weighted by atomic mass is 10.1. The third kappa shape index (κ3) is 3.65. The van der Waals surface area contributed by atoms with Crippen molar-refractivity contribution >= 4 is 32.6 Å². The molecule has 5 nitrogen and oxygen atoms in total. The molecule has 0 spiro atoms. The third-order valence-electron chi connectivity index (χ3n) is 3.65. The van der Waals surface area contributed by atoms with Gasteiger partial charge in [-0.15, -0.1) is 0 Å². The number of carbonyl (C=O) groups excluding carboxylic acids is 1. The van der Waals surface area contributed by atoms with Crippen molar-refractivity contribution in [3.8, 4) is 11.5 Å². The zero-order valence-electron chi connectivity index (χ0n) is 13.5. The molecule has 6 heteroatoms. The molecular formula is C18H18N2O3S. The van der Waals surface area contributed by atoms with E-state index in [2.05, 4.69) is 10.3 Å². The highest BCUT2D eigenvalue weighted by Gasteiger charge is 2.10. The summed E-state index contributed by atoms with van der Waals surface area (Å²) in [5, 5.41) is 3.49. The largest absolute Gasteiger partial charge is 0.497 e. The van der Waals surface area contributed by atoms with Crippen LogP contribution in [0.1, 0.15) is 12.0 Å². The quantitative estimate of drug-likeness (QED) is 0.738. The number of nitrogens with one attached hydrogen (secondary N) is 1. The van der Waals surface area contributed by atoms with Crippen molar-refractivity contribution in [1.82, 2.24) is 4.98 Å². The Kier molecular flexibility index (Phi) is 4.96. The summed E-state index contributed by atoms with van der Waals surface area (Å²) in [6.07, 6.45) is 0.913. The summed E-state index contributed by atoms with van der Waals surface area (Å²) in [6.45, 7) is 0. The zero-order chi connectivity index (χ0) is 16.9. The fourth-order valence-corrected chi connectivity index (χ4v) is 3.31. The first kappa shape index (κ1) is 16.3. The SMILES string of the molecule is COc1ccc(OC)c(CCC(=O)Nc2nc3ccccc3s2)c1. The van der Waals surface area contributed by atoms with Gasteiger partial charge in [0, 0.05) is 6.42 Å². The van der Waals surface area contributed by atoms with Crippen LogP contribution in [0.2, 0.25) is 0 Å². The fraction of sp³-hybridized carbons (Fsp3) is 0.222. The summed E-state index contributed by atoms with van der Waals surface area (Å²) in [5.74, 6) is 1.43. The van der Waals surface area contributed by atoms with E-state index < -0.39 is 0 Å². The number of ether oxygens (including phenoxy) is 2. The highest BCUT2D eigenvalue weighted by atomic mass is 32.1. The molecule has 0 atom stereocenters. The standard InChI is InChI=1S/C18H18N2O3S/c1-22-13-8-9-15(23-2)12(11-13)7-10-17(21)20-18-19-14-5-3-4-6-16(14)24-18/h3-6,8-9,11H,7,10H2,1-2H3,(H,19,20,21). The second kappa shape index (κ2) is 7.31. The van der Waals surface area contributed by atoms with Gasteiger partial charge in [0.1, 0.15) is 11.5 Å². The van der Waals surface area contributed by atoms with E-state index in [4.69, 9.17) is 9.47 Å². The lowest BCUT2D eigenvalue weighted by Crippen LogP contribution is -2.12. The molecule has 0 aliphatic carbocycles. The average molecular weight is 342 g/mol. The number of thiazole rings is 1. The molecule has 2 aromatic carbocycles. The van der Waals surface area contributed by atoms with Gasteiger partial charge in [0.15, 0.2) is 5.13 Å². The first-order valence-corrected chi connectivity index (χ1v) is 8.37. The lowest BCUT2D eigenvalue weighted by molar-refractivity contribution is -0.116. The Morgan fingerprint density at radius 2 is 2.00 bits per heavy atom. The molecule has 0 unspecified atom stereocenters. The van der Waals surface area contributed by atoms with Gasteiger partial charge >= 0.3 is 0 Å². The summed E-state index contributed by atoms with van der Waals surface area (Å²) in [6, 6.07) is 13.4. The van der Waals surface area contributed by atoms with Gasteiger partial charge in [-0.3, -0.25) is 4.79 Å². The highest BCUT2D eigenvalue weighted by Crippen LogP contribution is 2.27. The first-order chi connectivity index (χ1) is 11.7. The van der Waals surface area contributed by atoms with Gasteiger partial charge < -0.3 is 14.8 Å². The summed E-state index contributed by atoms with van der Waals surface area (Å²) in [4.78, 5) is 16.6. The van der Waals surface area contributed by atoms with E-state index in [0.29, 0.717) is 18.0 Å². The van der Waals surface area contributed by atoms with Crippen LogP contribution in [0, 0.1) is 0 Å². The molecule has 1 aromatic heterocycles. The van der Waals surface area contributed by atoms with Crippen molar-refractivity contribution in [2.75, 3.05) is 19.5 Å². The minimum absolute atomic E-state index is 0.0704. The maximum atomic E-state index is 12.2. The molecule has 1 amide bonds. The Bertz CT molecular complexity index is 827. The number of amides is 1. The van der Waals surface area contributed by atoms with Crippen LogP contribution in [0.15, 0.2) is 42.5 Å². The Morgan fingerprint density at radius 1 is 1.17 bits per heavy atom. The van der Waals surface area contributed by atoms with E-state index in [9.17, 15) is 4.79 Å². The molecule has 3 rings (SSSR count). The second-order valence-electron chi connectivity index (χ2n) is 5.21. The molecule has 0 saturated carbocycles. The van der Waals surface area contributed by atoms with E-state index in [1.807, 2.05) is 42.5 Å². The van der Waals surface area contributed by atoms with Crippen LogP contribution < -0.4 is 14.8 Å². The number of methoxy groups -OCH3 is 2. The zero-order valence-corrected chi connectivity index (χ0v) is 14.4. The third-order valence-corrected chi connectivity index (χ3v) is 4.60. The number of rotatable bonds is 6. The van der Waals surface area contributed by atoms with E-state index in [1.54, 1.807) is 14.2 Å². The number of hydrogen-bond acceptors (Lipinski definition) is 5. The van der Waals surface area contributed by atoms with Gasteiger partial charge in [-0.25, -0.2) is 4.98 Å². The van der Waals surface area contributed by atoms with Crippen LogP contribution in [0.25, 0.3) is 10.2 Å². The number of anilines is 1. The highest BCUT2D eigenvalue weighted by molar-refractivity contribution is 7.22. The lowest BCUT2D eigenvalue weighted by Gasteiger charge is -2.10. The summed E-state index contributed by atoms with van der Waals surface area (Å²) in [7, 11) is 3.23. The summed E-state index contributed by atoms with van der Waals surface area (Å²) in [5.41, 5.74) is 1.84. The van der Waals surface area contributed by atoms with Gasteiger partial charge in [-0.2, -0.15) is 0 Å². The molecule has 0 saturated heterocycles. The van der Waals surface area contributed by atoms with Gasteiger partial charge in [0.25, 0.3) is 0 Å². The smallest absolute Gasteiger partial charge is 0.226 e. The predicted molar refractivity (Wildman–Crippen MR) is 96.1 cm³/mol. The number of hydrogen-bond donors (Lipinski definition) is 1. The van der Waals surface area contributed by atoms with Gasteiger partial charge in [-0.1, -0.05) is 23.5 Å². The molecule has 1 N–H and O–H groups in total. The molecule has 0 bridgehead atoms. The van der Waals surface area contributed by atoms with Crippen LogP contribution in [-0.2, 0) is 11.2 Å². The van der Waals surface area contributed by atoms with Crippen LogP contribution in [0.4, 0.5) is 5.13 Å². The van der Waals surface area contributed by atoms with Gasteiger partial charge in [-0.05, 0) is 42.3 Å². The second-order valence-corrected chi connectivity index (χ2v) is 6.24. The molecule has 1 heterocycles. The number of fused-ring (bicyclic) bond motifs is 1. The normalized spacial score (nSPS) is 10.6. The molecule has 124 valence electrons. The molecule has 0 radical (unpaired) electrons.